The molecule has 7 nitrogen and oxygen atoms in total. The van der Waals surface area contributed by atoms with Crippen LogP contribution in [0.3, 0.4) is 0 Å². The largest absolute Gasteiger partial charge is 0.480 e. The summed E-state index contributed by atoms with van der Waals surface area (Å²) in [7, 11) is 5.44. The van der Waals surface area contributed by atoms with Crippen molar-refractivity contribution < 1.29 is 19.8 Å². The van der Waals surface area contributed by atoms with Crippen LogP contribution in [0.25, 0.3) is 0 Å². The SMILES string of the molecule is CN(C)CCN(C)C(=O)N1C[C@H](O)C[C@H]1C(=O)O. The Morgan fingerprint density at radius 3 is 2.39 bits per heavy atom. The van der Waals surface area contributed by atoms with Crippen LogP contribution in [0.1, 0.15) is 6.42 Å². The van der Waals surface area contributed by atoms with Gasteiger partial charge in [0.1, 0.15) is 6.04 Å². The molecule has 7 heteroatoms. The Bertz CT molecular complexity index is 321. The highest BCUT2D eigenvalue weighted by atomic mass is 16.4. The Morgan fingerprint density at radius 2 is 1.89 bits per heavy atom. The lowest BCUT2D eigenvalue weighted by atomic mass is 10.2. The number of urea groups is 1. The minimum absolute atomic E-state index is 0.0854. The molecule has 0 unspecified atom stereocenters. The summed E-state index contributed by atoms with van der Waals surface area (Å²) in [5.41, 5.74) is 0. The van der Waals surface area contributed by atoms with Crippen molar-refractivity contribution in [3.63, 3.8) is 0 Å². The number of aliphatic hydroxyl groups excluding tert-OH is 1. The molecule has 0 aromatic rings. The zero-order chi connectivity index (χ0) is 13.9. The molecule has 0 radical (unpaired) electrons. The highest BCUT2D eigenvalue weighted by molar-refractivity contribution is 5.83. The van der Waals surface area contributed by atoms with Crippen LogP contribution >= 0.6 is 0 Å². The number of aliphatic hydroxyl groups is 1. The molecule has 2 amide bonds. The van der Waals surface area contributed by atoms with E-state index in [0.29, 0.717) is 13.1 Å². The van der Waals surface area contributed by atoms with Crippen molar-refractivity contribution in [1.82, 2.24) is 14.7 Å². The molecule has 0 aliphatic carbocycles. The molecule has 1 rings (SSSR count). The van der Waals surface area contributed by atoms with Gasteiger partial charge in [-0.25, -0.2) is 9.59 Å². The van der Waals surface area contributed by atoms with E-state index in [0.717, 1.165) is 0 Å². The number of carboxylic acid groups (broad SMARTS) is 1. The standard InChI is InChI=1S/C11H21N3O4/c1-12(2)4-5-13(3)11(18)14-7-8(15)6-9(14)10(16)17/h8-9,15H,4-7H2,1-3H3,(H,16,17)/t8-,9+/m1/s1. The third-order valence-corrected chi connectivity index (χ3v) is 3.02. The van der Waals surface area contributed by atoms with E-state index in [-0.39, 0.29) is 19.0 Å². The first-order chi connectivity index (χ1) is 8.32. The maximum Gasteiger partial charge on any atom is 0.326 e. The van der Waals surface area contributed by atoms with Crippen LogP contribution in [0.2, 0.25) is 0 Å². The van der Waals surface area contributed by atoms with E-state index in [2.05, 4.69) is 0 Å². The average Bonchev–Trinajstić information content (AvgIpc) is 2.67. The first-order valence-corrected chi connectivity index (χ1v) is 5.90. The second-order valence-corrected chi connectivity index (χ2v) is 4.90. The van der Waals surface area contributed by atoms with E-state index in [9.17, 15) is 14.7 Å². The normalized spacial score (nSPS) is 23.5. The van der Waals surface area contributed by atoms with E-state index in [1.165, 1.54) is 9.80 Å². The van der Waals surface area contributed by atoms with E-state index in [4.69, 9.17) is 5.11 Å². The van der Waals surface area contributed by atoms with Gasteiger partial charge in [0.25, 0.3) is 0 Å². The predicted molar refractivity (Wildman–Crippen MR) is 65.3 cm³/mol. The molecule has 0 spiro atoms. The average molecular weight is 259 g/mol. The number of rotatable bonds is 4. The number of carboxylic acids is 1. The van der Waals surface area contributed by atoms with Gasteiger partial charge in [0.05, 0.1) is 6.10 Å². The number of likely N-dealkylation sites (N-methyl/N-ethyl adjacent to an activating group) is 2. The van der Waals surface area contributed by atoms with Crippen LogP contribution in [0.4, 0.5) is 4.79 Å². The van der Waals surface area contributed by atoms with Crippen molar-refractivity contribution >= 4 is 12.0 Å². The summed E-state index contributed by atoms with van der Waals surface area (Å²) in [6.07, 6.45) is -0.653. The van der Waals surface area contributed by atoms with Crippen molar-refractivity contribution in [3.05, 3.63) is 0 Å². The molecule has 1 heterocycles. The molecule has 0 bridgehead atoms. The second-order valence-electron chi connectivity index (χ2n) is 4.90. The van der Waals surface area contributed by atoms with Gasteiger partial charge in [0, 0.05) is 33.1 Å². The molecule has 1 aliphatic rings. The monoisotopic (exact) mass is 259 g/mol. The van der Waals surface area contributed by atoms with Crippen LogP contribution in [0.5, 0.6) is 0 Å². The number of amides is 2. The Hall–Kier alpha value is -1.34. The minimum Gasteiger partial charge on any atom is -0.480 e. The van der Waals surface area contributed by atoms with Crippen molar-refractivity contribution in [2.45, 2.75) is 18.6 Å². The lowest BCUT2D eigenvalue weighted by Crippen LogP contribution is -2.48. The van der Waals surface area contributed by atoms with Crippen LogP contribution in [-0.4, -0.2) is 89.8 Å². The quantitative estimate of drug-likeness (QED) is 0.685. The molecule has 0 aromatic carbocycles. The number of hydrogen-bond acceptors (Lipinski definition) is 4. The third kappa shape index (κ3) is 3.58. The van der Waals surface area contributed by atoms with Gasteiger partial charge in [-0.1, -0.05) is 0 Å². The van der Waals surface area contributed by atoms with Gasteiger partial charge < -0.3 is 24.9 Å². The zero-order valence-electron chi connectivity index (χ0n) is 11.0. The molecule has 1 aliphatic heterocycles. The molecule has 0 aromatic heterocycles. The topological polar surface area (TPSA) is 84.3 Å². The van der Waals surface area contributed by atoms with Gasteiger partial charge in [0.2, 0.25) is 0 Å². The molecular weight excluding hydrogens is 238 g/mol. The zero-order valence-corrected chi connectivity index (χ0v) is 11.0. The number of carbonyl (C=O) groups excluding carboxylic acids is 1. The van der Waals surface area contributed by atoms with Crippen LogP contribution in [0, 0.1) is 0 Å². The van der Waals surface area contributed by atoms with Crippen molar-refractivity contribution in [2.75, 3.05) is 40.8 Å². The Labute approximate surface area is 107 Å². The van der Waals surface area contributed by atoms with E-state index < -0.39 is 18.1 Å². The van der Waals surface area contributed by atoms with Crippen molar-refractivity contribution in [3.8, 4) is 0 Å². The van der Waals surface area contributed by atoms with Crippen LogP contribution in [-0.2, 0) is 4.79 Å². The summed E-state index contributed by atoms with van der Waals surface area (Å²) in [6, 6.07) is -1.27. The van der Waals surface area contributed by atoms with E-state index >= 15 is 0 Å². The van der Waals surface area contributed by atoms with Gasteiger partial charge in [-0.2, -0.15) is 0 Å². The van der Waals surface area contributed by atoms with Gasteiger partial charge in [-0.05, 0) is 14.1 Å². The highest BCUT2D eigenvalue weighted by Crippen LogP contribution is 2.19. The molecule has 2 atom stereocenters. The molecule has 1 fully saturated rings. The highest BCUT2D eigenvalue weighted by Gasteiger charge is 2.39. The third-order valence-electron chi connectivity index (χ3n) is 3.02. The van der Waals surface area contributed by atoms with Gasteiger partial charge in [-0.15, -0.1) is 0 Å². The maximum absolute atomic E-state index is 12.1. The fraction of sp³-hybridized carbons (Fsp3) is 0.818. The summed E-state index contributed by atoms with van der Waals surface area (Å²) in [5.74, 6) is -1.07. The summed E-state index contributed by atoms with van der Waals surface area (Å²) in [6.45, 7) is 1.31. The van der Waals surface area contributed by atoms with Crippen LogP contribution < -0.4 is 0 Å². The van der Waals surface area contributed by atoms with Crippen molar-refractivity contribution in [1.29, 1.82) is 0 Å². The Morgan fingerprint density at radius 1 is 1.28 bits per heavy atom. The first-order valence-electron chi connectivity index (χ1n) is 5.90. The number of β-amino-alcohol motifs (C(OH)–C–C–N with tert-alkyl or cyclic N) is 1. The van der Waals surface area contributed by atoms with Gasteiger partial charge in [-0.3, -0.25) is 0 Å². The van der Waals surface area contributed by atoms with Crippen molar-refractivity contribution in [2.24, 2.45) is 0 Å². The minimum atomic E-state index is -1.07. The Kier molecular flexibility index (Phi) is 4.92. The van der Waals surface area contributed by atoms with Gasteiger partial charge in [0.15, 0.2) is 0 Å². The summed E-state index contributed by atoms with van der Waals surface area (Å²) < 4.78 is 0. The molecular formula is C11H21N3O4. The summed E-state index contributed by atoms with van der Waals surface area (Å²) in [5, 5.41) is 18.5. The molecule has 2 N–H and O–H groups in total. The lowest BCUT2D eigenvalue weighted by Gasteiger charge is -2.28. The van der Waals surface area contributed by atoms with E-state index in [1.807, 2.05) is 19.0 Å². The summed E-state index contributed by atoms with van der Waals surface area (Å²) in [4.78, 5) is 27.7. The van der Waals surface area contributed by atoms with Gasteiger partial charge >= 0.3 is 12.0 Å². The molecule has 1 saturated heterocycles. The number of likely N-dealkylation sites (tertiary alicyclic amines) is 1. The predicted octanol–water partition coefficient (Wildman–Crippen LogP) is -0.880. The molecule has 18 heavy (non-hydrogen) atoms. The Balaban J connectivity index is 2.61. The summed E-state index contributed by atoms with van der Waals surface area (Å²) >= 11 is 0. The number of nitrogens with zero attached hydrogens (tertiary/aromatic N) is 3. The van der Waals surface area contributed by atoms with E-state index in [1.54, 1.807) is 7.05 Å². The molecule has 104 valence electrons. The number of hydrogen-bond donors (Lipinski definition) is 2. The number of aliphatic carboxylic acids is 1. The fourth-order valence-electron chi connectivity index (χ4n) is 1.92. The maximum atomic E-state index is 12.1. The lowest BCUT2D eigenvalue weighted by molar-refractivity contribution is -0.141. The number of carbonyl (C=O) groups is 2. The first kappa shape index (κ1) is 14.7. The smallest absolute Gasteiger partial charge is 0.326 e. The fourth-order valence-corrected chi connectivity index (χ4v) is 1.92. The second kappa shape index (κ2) is 6.01. The molecule has 0 saturated carbocycles. The van der Waals surface area contributed by atoms with Crippen LogP contribution in [0.15, 0.2) is 0 Å².